The molecule has 0 bridgehead atoms. The number of aromatic amines is 1. The van der Waals surface area contributed by atoms with Gasteiger partial charge in [-0.05, 0) is 35.9 Å². The van der Waals surface area contributed by atoms with Crippen LogP contribution in [0.5, 0.6) is 0 Å². The molecule has 5 aromatic rings. The molecule has 0 aliphatic heterocycles. The van der Waals surface area contributed by atoms with Crippen molar-refractivity contribution in [1.29, 1.82) is 0 Å². The maximum absolute atomic E-state index is 12.7. The van der Waals surface area contributed by atoms with Gasteiger partial charge in [0.25, 0.3) is 17.4 Å². The zero-order valence-electron chi connectivity index (χ0n) is 18.6. The molecule has 0 radical (unpaired) electrons. The lowest BCUT2D eigenvalue weighted by Crippen LogP contribution is -2.42. The van der Waals surface area contributed by atoms with Crippen LogP contribution in [0.2, 0.25) is 0 Å². The van der Waals surface area contributed by atoms with E-state index in [9.17, 15) is 14.4 Å². The van der Waals surface area contributed by atoms with Gasteiger partial charge in [0.2, 0.25) is 0 Å². The third kappa shape index (κ3) is 4.64. The maximum Gasteiger partial charge on any atom is 0.290 e. The van der Waals surface area contributed by atoms with Crippen molar-refractivity contribution in [1.82, 2.24) is 30.6 Å². The summed E-state index contributed by atoms with van der Waals surface area (Å²) in [6.45, 7) is 0. The summed E-state index contributed by atoms with van der Waals surface area (Å²) in [5.41, 5.74) is 7.84. The Balaban J connectivity index is 1.21. The molecule has 5 rings (SSSR count). The minimum Gasteiger partial charge on any atom is -0.333 e. The molecule has 0 aliphatic rings. The van der Waals surface area contributed by atoms with Gasteiger partial charge in [0.05, 0.1) is 16.4 Å². The van der Waals surface area contributed by atoms with E-state index in [4.69, 9.17) is 0 Å². The maximum atomic E-state index is 12.7. The number of aromatic nitrogens is 4. The van der Waals surface area contributed by atoms with E-state index in [1.165, 1.54) is 7.05 Å². The first-order valence-corrected chi connectivity index (χ1v) is 11.7. The molecule has 10 heteroatoms. The molecule has 0 unspecified atom stereocenters. The molecule has 3 N–H and O–H groups in total. The molecule has 174 valence electrons. The molecule has 0 aliphatic carbocycles. The monoisotopic (exact) mass is 484 g/mol. The van der Waals surface area contributed by atoms with E-state index in [1.807, 2.05) is 36.4 Å². The van der Waals surface area contributed by atoms with Crippen LogP contribution in [0.25, 0.3) is 21.8 Å². The van der Waals surface area contributed by atoms with Gasteiger partial charge in [0.15, 0.2) is 10.9 Å². The second-order valence-corrected chi connectivity index (χ2v) is 8.74. The second kappa shape index (κ2) is 9.43. The number of nitrogens with one attached hydrogen (secondary N) is 3. The van der Waals surface area contributed by atoms with E-state index in [2.05, 4.69) is 25.9 Å². The number of aryl methyl sites for hydroxylation is 1. The topological polar surface area (TPSA) is 122 Å². The number of para-hydroxylation sites is 2. The lowest BCUT2D eigenvalue weighted by molar-refractivity contribution is 0.0844. The van der Waals surface area contributed by atoms with Crippen LogP contribution in [0.15, 0.2) is 82.7 Å². The Morgan fingerprint density at radius 1 is 0.914 bits per heavy atom. The minimum atomic E-state index is -0.621. The molecule has 9 nitrogen and oxygen atoms in total. The number of carbonyl (C=O) groups is 2. The first-order valence-electron chi connectivity index (χ1n) is 10.7. The third-order valence-electron chi connectivity index (χ3n) is 5.42. The molecule has 35 heavy (non-hydrogen) atoms. The van der Waals surface area contributed by atoms with Crippen molar-refractivity contribution in [2.24, 2.45) is 7.05 Å². The number of fused-ring (bicyclic) bond motifs is 2. The normalized spacial score (nSPS) is 11.0. The predicted molar refractivity (Wildman–Crippen MR) is 134 cm³/mol. The van der Waals surface area contributed by atoms with Gasteiger partial charge in [-0.3, -0.25) is 25.2 Å². The standard InChI is InChI=1S/C25H20N6O3S/c1-31-24(34)18-7-3-2-6-17(18)21(30-31)23(33)29-28-22(32)16-12-10-15(11-13-16)14-35-25-26-19-8-4-5-9-20(19)27-25/h2-13H,14H2,1H3,(H,26,27)(H,28,32)(H,29,33). The highest BCUT2D eigenvalue weighted by Gasteiger charge is 2.16. The number of amides is 2. The molecule has 2 aromatic heterocycles. The Hall–Kier alpha value is -4.44. The van der Waals surface area contributed by atoms with Crippen LogP contribution in [0.4, 0.5) is 0 Å². The van der Waals surface area contributed by atoms with E-state index in [0.717, 1.165) is 26.4 Å². The van der Waals surface area contributed by atoms with Crippen LogP contribution < -0.4 is 16.4 Å². The van der Waals surface area contributed by atoms with Crippen LogP contribution in [0.3, 0.4) is 0 Å². The number of hydrazine groups is 1. The Labute approximate surface area is 203 Å². The van der Waals surface area contributed by atoms with Crippen molar-refractivity contribution in [3.63, 3.8) is 0 Å². The summed E-state index contributed by atoms with van der Waals surface area (Å²) in [7, 11) is 1.47. The van der Waals surface area contributed by atoms with Crippen LogP contribution in [0, 0.1) is 0 Å². The predicted octanol–water partition coefficient (Wildman–Crippen LogP) is 3.18. The number of hydrogen-bond donors (Lipinski definition) is 3. The van der Waals surface area contributed by atoms with Crippen molar-refractivity contribution in [2.45, 2.75) is 10.9 Å². The van der Waals surface area contributed by atoms with Gasteiger partial charge in [-0.2, -0.15) is 5.10 Å². The van der Waals surface area contributed by atoms with E-state index in [0.29, 0.717) is 22.1 Å². The SMILES string of the molecule is Cn1nc(C(=O)NNC(=O)c2ccc(CSc3nc4ccccc4[nH]3)cc2)c2ccccc2c1=O. The number of H-pyrrole nitrogens is 1. The average Bonchev–Trinajstić information content (AvgIpc) is 3.31. The summed E-state index contributed by atoms with van der Waals surface area (Å²) in [6.07, 6.45) is 0. The number of thioether (sulfide) groups is 1. The quantitative estimate of drug-likeness (QED) is 0.260. The average molecular weight is 485 g/mol. The fourth-order valence-corrected chi connectivity index (χ4v) is 4.45. The van der Waals surface area contributed by atoms with Gasteiger partial charge in [-0.1, -0.05) is 54.2 Å². The fourth-order valence-electron chi connectivity index (χ4n) is 3.61. The first-order chi connectivity index (χ1) is 17.0. The number of benzene rings is 3. The Kier molecular flexibility index (Phi) is 6.02. The van der Waals surface area contributed by atoms with Crippen LogP contribution >= 0.6 is 11.8 Å². The lowest BCUT2D eigenvalue weighted by atomic mass is 10.1. The minimum absolute atomic E-state index is 0.0426. The first kappa shape index (κ1) is 22.4. The van der Waals surface area contributed by atoms with Crippen molar-refractivity contribution < 1.29 is 9.59 Å². The van der Waals surface area contributed by atoms with Gasteiger partial charge >= 0.3 is 0 Å². The second-order valence-electron chi connectivity index (χ2n) is 7.78. The summed E-state index contributed by atoms with van der Waals surface area (Å²) in [5, 5.41) is 5.67. The van der Waals surface area contributed by atoms with Crippen LogP contribution in [-0.4, -0.2) is 31.6 Å². The van der Waals surface area contributed by atoms with Crippen LogP contribution in [-0.2, 0) is 12.8 Å². The van der Waals surface area contributed by atoms with Gasteiger partial charge in [0.1, 0.15) is 0 Å². The zero-order valence-corrected chi connectivity index (χ0v) is 19.4. The van der Waals surface area contributed by atoms with Crippen molar-refractivity contribution >= 4 is 45.4 Å². The largest absolute Gasteiger partial charge is 0.333 e. The molecule has 0 saturated heterocycles. The Morgan fingerprint density at radius 3 is 2.37 bits per heavy atom. The lowest BCUT2D eigenvalue weighted by Gasteiger charge is -2.10. The van der Waals surface area contributed by atoms with Crippen molar-refractivity contribution in [3.05, 3.63) is 100.0 Å². The van der Waals surface area contributed by atoms with E-state index < -0.39 is 11.8 Å². The molecule has 2 heterocycles. The fraction of sp³-hybridized carbons (Fsp3) is 0.0800. The molecule has 2 amide bonds. The Morgan fingerprint density at radius 2 is 1.60 bits per heavy atom. The number of rotatable bonds is 5. The molecule has 0 fully saturated rings. The molecule has 3 aromatic carbocycles. The van der Waals surface area contributed by atoms with Crippen LogP contribution in [0.1, 0.15) is 26.4 Å². The van der Waals surface area contributed by atoms with Gasteiger partial charge in [-0.15, -0.1) is 0 Å². The van der Waals surface area contributed by atoms with Crippen molar-refractivity contribution in [2.75, 3.05) is 0 Å². The molecular formula is C25H20N6O3S. The number of carbonyl (C=O) groups excluding carboxylic acids is 2. The summed E-state index contributed by atoms with van der Waals surface area (Å²) < 4.78 is 1.10. The smallest absolute Gasteiger partial charge is 0.290 e. The molecular weight excluding hydrogens is 464 g/mol. The molecule has 0 atom stereocenters. The molecule has 0 saturated carbocycles. The number of hydrogen-bond acceptors (Lipinski definition) is 6. The summed E-state index contributed by atoms with van der Waals surface area (Å²) in [5.74, 6) is -0.405. The van der Waals surface area contributed by atoms with E-state index in [1.54, 1.807) is 48.2 Å². The Bertz CT molecular complexity index is 1590. The highest BCUT2D eigenvalue weighted by atomic mass is 32.2. The highest BCUT2D eigenvalue weighted by molar-refractivity contribution is 7.98. The van der Waals surface area contributed by atoms with E-state index in [-0.39, 0.29) is 11.3 Å². The molecule has 0 spiro atoms. The number of imidazole rings is 1. The van der Waals surface area contributed by atoms with Crippen molar-refractivity contribution in [3.8, 4) is 0 Å². The summed E-state index contributed by atoms with van der Waals surface area (Å²) in [4.78, 5) is 45.3. The highest BCUT2D eigenvalue weighted by Crippen LogP contribution is 2.23. The summed E-state index contributed by atoms with van der Waals surface area (Å²) >= 11 is 1.57. The number of nitrogens with zero attached hydrogens (tertiary/aromatic N) is 3. The van der Waals surface area contributed by atoms with Gasteiger partial charge in [-0.25, -0.2) is 9.67 Å². The van der Waals surface area contributed by atoms with Gasteiger partial charge < -0.3 is 4.98 Å². The third-order valence-corrected chi connectivity index (χ3v) is 6.36. The zero-order chi connectivity index (χ0) is 24.4. The summed E-state index contributed by atoms with van der Waals surface area (Å²) in [6, 6.07) is 21.6. The van der Waals surface area contributed by atoms with E-state index >= 15 is 0 Å². The van der Waals surface area contributed by atoms with Gasteiger partial charge in [0, 0.05) is 23.8 Å².